The lowest BCUT2D eigenvalue weighted by atomic mass is 14.0. The molecule has 0 aromatic rings. The molecule has 50 valence electrons. The molecule has 0 aliphatic rings. The van der Waals surface area contributed by atoms with Crippen LogP contribution in [-0.4, -0.2) is 43.3 Å². The minimum atomic E-state index is -4.08. The number of hydrogen-bond acceptors (Lipinski definition) is 3. The molecule has 0 unspecified atom stereocenters. The first kappa shape index (κ1) is 16.0. The Labute approximate surface area is 66.3 Å². The van der Waals surface area contributed by atoms with Crippen LogP contribution >= 0.6 is 7.82 Å². The largest absolute Gasteiger partial charge is 0.458 e. The molecule has 0 aliphatic carbocycles. The summed E-state index contributed by atoms with van der Waals surface area (Å²) in [4.78, 5) is 15.5. The van der Waals surface area contributed by atoms with Crippen LogP contribution in [-0.2, 0) is 8.78 Å². The molecular formula is H10MgNO4PSi. The molecule has 0 spiro atoms. The molecule has 0 heterocycles. The topological polar surface area (TPSA) is 102 Å². The van der Waals surface area contributed by atoms with Crippen molar-refractivity contribution >= 4 is 41.4 Å². The first-order valence-corrected chi connectivity index (χ1v) is 3.52. The zero-order valence-electron chi connectivity index (χ0n) is 3.87. The van der Waals surface area contributed by atoms with Crippen LogP contribution in [0.1, 0.15) is 0 Å². The molecule has 0 bridgehead atoms. The van der Waals surface area contributed by atoms with E-state index in [-0.39, 0.29) is 39.7 Å². The summed E-state index contributed by atoms with van der Waals surface area (Å²) in [6, 6.07) is 0. The zero-order valence-corrected chi connectivity index (χ0v) is 6.76. The van der Waals surface area contributed by atoms with Gasteiger partial charge >= 0.3 is 30.9 Å². The van der Waals surface area contributed by atoms with Gasteiger partial charge in [0.1, 0.15) is 0 Å². The second-order valence-corrected chi connectivity index (χ2v) is 3.11. The SMILES string of the molecule is N.O=P(O)(O)O[SiH3].[MgH2]. The van der Waals surface area contributed by atoms with Crippen molar-refractivity contribution in [2.24, 2.45) is 0 Å². The van der Waals surface area contributed by atoms with Crippen LogP contribution in [0.2, 0.25) is 0 Å². The fourth-order valence-corrected chi connectivity index (χ4v) is 0. The van der Waals surface area contributed by atoms with Crippen LogP contribution in [0.15, 0.2) is 0 Å². The Kier molecular flexibility index (Phi) is 12.4. The highest BCUT2D eigenvalue weighted by Gasteiger charge is 2.06. The predicted molar refractivity (Wildman–Crippen MR) is 36.6 cm³/mol. The fourth-order valence-electron chi connectivity index (χ4n) is 0. The van der Waals surface area contributed by atoms with Gasteiger partial charge in [0.2, 0.25) is 0 Å². The Morgan fingerprint density at radius 3 is 1.62 bits per heavy atom. The second kappa shape index (κ2) is 6.18. The Hall–Kier alpha value is 1.05. The van der Waals surface area contributed by atoms with Crippen molar-refractivity contribution in [1.82, 2.24) is 6.15 Å². The molecule has 8 heavy (non-hydrogen) atoms. The molecule has 0 radical (unpaired) electrons. The van der Waals surface area contributed by atoms with E-state index in [1.807, 2.05) is 0 Å². The van der Waals surface area contributed by atoms with Gasteiger partial charge in [-0.3, -0.25) is 0 Å². The third-order valence-electron chi connectivity index (χ3n) is 0.238. The highest BCUT2D eigenvalue weighted by molar-refractivity contribution is 7.47. The van der Waals surface area contributed by atoms with Crippen LogP contribution in [0.3, 0.4) is 0 Å². The van der Waals surface area contributed by atoms with Gasteiger partial charge in [-0.1, -0.05) is 0 Å². The standard InChI is InChI=1S/Mg.H3N.H5O4PSi.2H/c;;1-5(2,3)4-6;;/h;1H3;6H3,(H2,1,2,3);;. The first-order valence-electron chi connectivity index (χ1n) is 1.17. The molecule has 0 atom stereocenters. The molecule has 0 aliphatic heterocycles. The van der Waals surface area contributed by atoms with Crippen LogP contribution in [0, 0.1) is 0 Å². The van der Waals surface area contributed by atoms with Crippen molar-refractivity contribution in [2.75, 3.05) is 0 Å². The summed E-state index contributed by atoms with van der Waals surface area (Å²) >= 11 is 0. The van der Waals surface area contributed by atoms with Gasteiger partial charge in [-0.25, -0.2) is 4.57 Å². The van der Waals surface area contributed by atoms with Gasteiger partial charge in [0.15, 0.2) is 10.5 Å². The van der Waals surface area contributed by atoms with Crippen molar-refractivity contribution in [3.63, 3.8) is 0 Å². The highest BCUT2D eigenvalue weighted by Crippen LogP contribution is 2.33. The van der Waals surface area contributed by atoms with Crippen LogP contribution < -0.4 is 6.15 Å². The number of rotatable bonds is 1. The Morgan fingerprint density at radius 2 is 1.62 bits per heavy atom. The summed E-state index contributed by atoms with van der Waals surface area (Å²) in [7, 11) is -4.00. The van der Waals surface area contributed by atoms with Gasteiger partial charge in [-0.05, 0) is 0 Å². The summed E-state index contributed by atoms with van der Waals surface area (Å²) in [6.45, 7) is 0. The van der Waals surface area contributed by atoms with Gasteiger partial charge in [-0.2, -0.15) is 0 Å². The normalized spacial score (nSPS) is 9.25. The molecule has 0 aromatic heterocycles. The van der Waals surface area contributed by atoms with Gasteiger partial charge in [0.05, 0.1) is 0 Å². The van der Waals surface area contributed by atoms with Crippen LogP contribution in [0.5, 0.6) is 0 Å². The smallest absolute Gasteiger partial charge is 0.344 e. The first-order chi connectivity index (χ1) is 2.56. The fraction of sp³-hybridized carbons (Fsp3) is 0. The minimum Gasteiger partial charge on any atom is -0.344 e. The van der Waals surface area contributed by atoms with E-state index in [4.69, 9.17) is 9.79 Å². The van der Waals surface area contributed by atoms with E-state index in [0.29, 0.717) is 0 Å². The Balaban J connectivity index is -0.000000125. The molecule has 5 N–H and O–H groups in total. The van der Waals surface area contributed by atoms with E-state index in [1.165, 1.54) is 0 Å². The highest BCUT2D eigenvalue weighted by atomic mass is 31.2. The molecule has 0 rings (SSSR count). The van der Waals surface area contributed by atoms with Crippen molar-refractivity contribution < 1.29 is 18.6 Å². The third kappa shape index (κ3) is 15.7. The summed E-state index contributed by atoms with van der Waals surface area (Å²) in [5.74, 6) is 0. The average Bonchev–Trinajstić information content (AvgIpc) is 1.35. The number of hydrogen-bond donors (Lipinski definition) is 3. The third-order valence-corrected chi connectivity index (χ3v) is 2.14. The van der Waals surface area contributed by atoms with Crippen molar-refractivity contribution in [3.05, 3.63) is 0 Å². The van der Waals surface area contributed by atoms with Gasteiger partial charge in [0, 0.05) is 0 Å². The molecule has 5 nitrogen and oxygen atoms in total. The van der Waals surface area contributed by atoms with E-state index in [2.05, 4.69) is 4.21 Å². The van der Waals surface area contributed by atoms with Gasteiger partial charge in [0.25, 0.3) is 0 Å². The maximum Gasteiger partial charge on any atom is 0.458 e. The quantitative estimate of drug-likeness (QED) is 0.302. The summed E-state index contributed by atoms with van der Waals surface area (Å²) in [5.41, 5.74) is 0. The van der Waals surface area contributed by atoms with Crippen LogP contribution in [0.4, 0.5) is 0 Å². The monoisotopic (exact) mass is 171 g/mol. The summed E-state index contributed by atoms with van der Waals surface area (Å²) in [6.07, 6.45) is 0. The summed E-state index contributed by atoms with van der Waals surface area (Å²) < 4.78 is 13.2. The molecule has 0 fully saturated rings. The van der Waals surface area contributed by atoms with E-state index < -0.39 is 7.82 Å². The van der Waals surface area contributed by atoms with Gasteiger partial charge in [-0.15, -0.1) is 0 Å². The van der Waals surface area contributed by atoms with E-state index in [9.17, 15) is 4.57 Å². The van der Waals surface area contributed by atoms with E-state index in [1.54, 1.807) is 0 Å². The summed E-state index contributed by atoms with van der Waals surface area (Å²) in [5, 5.41) is 0. The van der Waals surface area contributed by atoms with Crippen molar-refractivity contribution in [1.29, 1.82) is 0 Å². The maximum absolute atomic E-state index is 9.51. The maximum atomic E-state index is 9.51. The van der Waals surface area contributed by atoms with Gasteiger partial charge < -0.3 is 20.2 Å². The molecular weight excluding hydrogens is 161 g/mol. The van der Waals surface area contributed by atoms with Crippen molar-refractivity contribution in [2.45, 2.75) is 0 Å². The van der Waals surface area contributed by atoms with E-state index in [0.717, 1.165) is 0 Å². The predicted octanol–water partition coefficient (Wildman–Crippen LogP) is -2.38. The zero-order chi connectivity index (χ0) is 5.21. The molecule has 0 aromatic carbocycles. The lowest BCUT2D eigenvalue weighted by Gasteiger charge is -1.94. The van der Waals surface area contributed by atoms with Crippen LogP contribution in [0.25, 0.3) is 0 Å². The molecule has 0 amide bonds. The lowest BCUT2D eigenvalue weighted by Crippen LogP contribution is -1.78. The molecule has 0 saturated heterocycles. The Morgan fingerprint density at radius 1 is 1.50 bits per heavy atom. The van der Waals surface area contributed by atoms with Crippen molar-refractivity contribution in [3.8, 4) is 0 Å². The Bertz CT molecular complexity index is 80.1. The number of phosphoric acid groups is 1. The molecule has 0 saturated carbocycles. The van der Waals surface area contributed by atoms with E-state index >= 15 is 0 Å². The minimum absolute atomic E-state index is 0. The second-order valence-electron chi connectivity index (χ2n) is 0.673. The molecule has 8 heteroatoms. The lowest BCUT2D eigenvalue weighted by molar-refractivity contribution is 0.292. The average molecular weight is 171 g/mol.